The Kier molecular flexibility index (Phi) is 12.5. The minimum atomic E-state index is -0.871. The van der Waals surface area contributed by atoms with E-state index in [0.717, 1.165) is 23.8 Å². The van der Waals surface area contributed by atoms with E-state index in [1.807, 2.05) is 30.3 Å². The summed E-state index contributed by atoms with van der Waals surface area (Å²) in [5.74, 6) is 1.49. The summed E-state index contributed by atoms with van der Waals surface area (Å²) in [5.41, 5.74) is 0.651. The Morgan fingerprint density at radius 2 is 1.78 bits per heavy atom. The Morgan fingerprint density at radius 1 is 1.04 bits per heavy atom. The molecule has 0 spiro atoms. The van der Waals surface area contributed by atoms with Crippen LogP contribution in [-0.2, 0) is 19.1 Å². The number of terminal acetylenes is 1. The first-order valence-corrected chi connectivity index (χ1v) is 17.9. The molecule has 270 valence electrons. The summed E-state index contributed by atoms with van der Waals surface area (Å²) in [7, 11) is 4.36. The van der Waals surface area contributed by atoms with Gasteiger partial charge in [-0.3, -0.25) is 19.2 Å². The number of nitrogens with one attached hydrogen (secondary N) is 1. The predicted molar refractivity (Wildman–Crippen MR) is 198 cm³/mol. The van der Waals surface area contributed by atoms with Crippen molar-refractivity contribution in [1.29, 1.82) is 0 Å². The van der Waals surface area contributed by atoms with E-state index in [9.17, 15) is 19.2 Å². The van der Waals surface area contributed by atoms with Gasteiger partial charge in [-0.25, -0.2) is 0 Å². The quantitative estimate of drug-likeness (QED) is 0.193. The van der Waals surface area contributed by atoms with Crippen molar-refractivity contribution in [1.82, 2.24) is 20.0 Å². The topological polar surface area (TPSA) is 108 Å². The lowest BCUT2D eigenvalue weighted by atomic mass is 9.82. The Bertz CT molecular complexity index is 1830. The smallest absolute Gasteiger partial charge is 0.325 e. The van der Waals surface area contributed by atoms with Gasteiger partial charge in [-0.1, -0.05) is 59.5 Å². The zero-order valence-electron chi connectivity index (χ0n) is 29.3. The fourth-order valence-corrected chi connectivity index (χ4v) is 7.76. The highest BCUT2D eigenvalue weighted by atomic mass is 35.5. The van der Waals surface area contributed by atoms with Gasteiger partial charge >= 0.3 is 5.97 Å². The molecule has 2 saturated heterocycles. The van der Waals surface area contributed by atoms with E-state index >= 15 is 0 Å². The number of carbonyl (C=O) groups is 4. The Balaban J connectivity index is 1.44. The molecule has 3 aromatic rings. The molecule has 1 unspecified atom stereocenters. The number of likely N-dealkylation sites (tertiary alicyclic amines) is 2. The Hall–Kier alpha value is -4.30. The predicted octanol–water partition coefficient (Wildman–Crippen LogP) is 5.52. The highest BCUT2D eigenvalue weighted by Crippen LogP contribution is 2.36. The normalized spacial score (nSPS) is 16.6. The molecular formula is C39H44Cl2N4O6. The van der Waals surface area contributed by atoms with Crippen LogP contribution < -0.4 is 10.1 Å². The molecule has 2 heterocycles. The molecule has 2 fully saturated rings. The zero-order valence-corrected chi connectivity index (χ0v) is 30.8. The molecule has 12 heteroatoms. The van der Waals surface area contributed by atoms with Crippen molar-refractivity contribution in [3.8, 4) is 18.1 Å². The summed E-state index contributed by atoms with van der Waals surface area (Å²) in [5, 5.41) is 4.99. The molecule has 0 radical (unpaired) electrons. The maximum absolute atomic E-state index is 14.6. The molecule has 2 aliphatic rings. The average molecular weight is 736 g/mol. The van der Waals surface area contributed by atoms with Gasteiger partial charge in [0.05, 0.1) is 35.4 Å². The van der Waals surface area contributed by atoms with Crippen molar-refractivity contribution in [2.45, 2.75) is 50.0 Å². The highest BCUT2D eigenvalue weighted by molar-refractivity contribution is 6.42. The fraction of sp³-hybridized carbons (Fsp3) is 0.436. The van der Waals surface area contributed by atoms with Crippen molar-refractivity contribution in [3.63, 3.8) is 0 Å². The summed E-state index contributed by atoms with van der Waals surface area (Å²) in [6.45, 7) is 2.26. The van der Waals surface area contributed by atoms with E-state index in [1.54, 1.807) is 30.1 Å². The standard InChI is InChI=1S/C39H44Cl2N4O6/c1-5-26-22-28-10-6-7-11-30(28)35(36(26)51-4)37(48)44(25-34(47)50-3)24-29(27-13-14-31(40)32(41)23-27)15-19-43-20-16-39(17-21-43,38(49)42-2)45-18-9-8-12-33(45)46/h1,6-7,10-11,13-14,22-23,29H,8-9,12,15-21,24-25H2,2-4H3,(H,42,49). The first-order valence-electron chi connectivity index (χ1n) is 17.2. The Labute approximate surface area is 309 Å². The van der Waals surface area contributed by atoms with Crippen LogP contribution in [0.2, 0.25) is 10.0 Å². The van der Waals surface area contributed by atoms with Crippen LogP contribution in [0.25, 0.3) is 10.8 Å². The summed E-state index contributed by atoms with van der Waals surface area (Å²) in [6, 6.07) is 14.6. The van der Waals surface area contributed by atoms with Gasteiger partial charge in [0, 0.05) is 45.6 Å². The second-order valence-corrected chi connectivity index (χ2v) is 13.9. The van der Waals surface area contributed by atoms with Crippen LogP contribution in [0.4, 0.5) is 0 Å². The number of nitrogens with zero attached hydrogens (tertiary/aromatic N) is 3. The highest BCUT2D eigenvalue weighted by Gasteiger charge is 2.48. The van der Waals surface area contributed by atoms with Crippen molar-refractivity contribution in [2.75, 3.05) is 60.5 Å². The monoisotopic (exact) mass is 734 g/mol. The summed E-state index contributed by atoms with van der Waals surface area (Å²) >= 11 is 12.8. The number of amides is 3. The zero-order chi connectivity index (χ0) is 36.7. The molecule has 10 nitrogen and oxygen atoms in total. The number of halogens is 2. The molecule has 1 N–H and O–H groups in total. The Morgan fingerprint density at radius 3 is 2.43 bits per heavy atom. The number of ether oxygens (including phenoxy) is 2. The minimum Gasteiger partial charge on any atom is -0.495 e. The van der Waals surface area contributed by atoms with Crippen molar-refractivity contribution in [2.24, 2.45) is 0 Å². The lowest BCUT2D eigenvalue weighted by Crippen LogP contribution is -2.65. The molecule has 0 bridgehead atoms. The van der Waals surface area contributed by atoms with Crippen LogP contribution >= 0.6 is 23.2 Å². The fourth-order valence-electron chi connectivity index (χ4n) is 7.45. The SMILES string of the molecule is C#Cc1cc2ccccc2c(C(=O)N(CC(=O)OC)CC(CCN2CCC(C(=O)NC)(N3CCCCC3=O)CC2)c2ccc(Cl)c(Cl)c2)c1OC. The van der Waals surface area contributed by atoms with Crippen molar-refractivity contribution < 1.29 is 28.7 Å². The van der Waals surface area contributed by atoms with Gasteiger partial charge in [-0.15, -0.1) is 6.42 Å². The van der Waals surface area contributed by atoms with Gasteiger partial charge in [0.2, 0.25) is 11.8 Å². The number of rotatable bonds is 12. The number of methoxy groups -OCH3 is 2. The molecule has 3 amide bonds. The largest absolute Gasteiger partial charge is 0.495 e. The molecular weight excluding hydrogens is 691 g/mol. The second kappa shape index (κ2) is 16.8. The molecule has 0 aromatic heterocycles. The minimum absolute atomic E-state index is 0.0329. The second-order valence-electron chi connectivity index (χ2n) is 13.1. The summed E-state index contributed by atoms with van der Waals surface area (Å²) < 4.78 is 10.8. The number of fused-ring (bicyclic) bond motifs is 1. The molecule has 51 heavy (non-hydrogen) atoms. The van der Waals surface area contributed by atoms with Crippen LogP contribution in [0.15, 0.2) is 48.5 Å². The van der Waals surface area contributed by atoms with Crippen LogP contribution in [0.1, 0.15) is 65.9 Å². The number of hydrogen-bond donors (Lipinski definition) is 1. The average Bonchev–Trinajstić information content (AvgIpc) is 3.15. The maximum Gasteiger partial charge on any atom is 0.325 e. The summed E-state index contributed by atoms with van der Waals surface area (Å²) in [6.07, 6.45) is 9.65. The molecule has 2 aliphatic heterocycles. The first-order chi connectivity index (χ1) is 24.6. The number of benzene rings is 3. The van der Waals surface area contributed by atoms with E-state index in [-0.39, 0.29) is 42.1 Å². The van der Waals surface area contributed by atoms with Gasteiger partial charge in [0.15, 0.2) is 0 Å². The van der Waals surface area contributed by atoms with E-state index < -0.39 is 17.4 Å². The number of esters is 1. The molecule has 1 atom stereocenters. The van der Waals surface area contributed by atoms with E-state index in [2.05, 4.69) is 16.1 Å². The third-order valence-electron chi connectivity index (χ3n) is 10.2. The number of hydrogen-bond acceptors (Lipinski definition) is 7. The van der Waals surface area contributed by atoms with Crippen molar-refractivity contribution >= 4 is 57.7 Å². The van der Waals surface area contributed by atoms with Gasteiger partial charge in [-0.2, -0.15) is 0 Å². The van der Waals surface area contributed by atoms with E-state index in [1.165, 1.54) is 19.1 Å². The van der Waals surface area contributed by atoms with Crippen LogP contribution in [0.5, 0.6) is 5.75 Å². The molecule has 0 aliphatic carbocycles. The molecule has 3 aromatic carbocycles. The maximum atomic E-state index is 14.6. The number of carbonyl (C=O) groups excluding carboxylic acids is 4. The van der Waals surface area contributed by atoms with Gasteiger partial charge < -0.3 is 29.5 Å². The van der Waals surface area contributed by atoms with Crippen LogP contribution in [0, 0.1) is 12.3 Å². The lowest BCUT2D eigenvalue weighted by Gasteiger charge is -2.48. The van der Waals surface area contributed by atoms with Crippen molar-refractivity contribution in [3.05, 3.63) is 75.3 Å². The third kappa shape index (κ3) is 8.12. The molecule has 0 saturated carbocycles. The number of likely N-dealkylation sites (N-methyl/N-ethyl adjacent to an activating group) is 1. The van der Waals surface area contributed by atoms with Gasteiger partial charge in [0.25, 0.3) is 5.91 Å². The third-order valence-corrected chi connectivity index (χ3v) is 11.0. The van der Waals surface area contributed by atoms with E-state index in [4.69, 9.17) is 39.1 Å². The number of piperidine rings is 2. The van der Waals surface area contributed by atoms with E-state index in [0.29, 0.717) is 72.9 Å². The lowest BCUT2D eigenvalue weighted by molar-refractivity contribution is -0.153. The first kappa shape index (κ1) is 37.9. The summed E-state index contributed by atoms with van der Waals surface area (Å²) in [4.78, 5) is 59.3. The molecule has 5 rings (SSSR count). The van der Waals surface area contributed by atoms with Gasteiger partial charge in [0.1, 0.15) is 17.8 Å². The van der Waals surface area contributed by atoms with Gasteiger partial charge in [-0.05, 0) is 73.2 Å². The van der Waals surface area contributed by atoms with Crippen LogP contribution in [0.3, 0.4) is 0 Å². The van der Waals surface area contributed by atoms with Crippen LogP contribution in [-0.4, -0.2) is 104 Å².